The third kappa shape index (κ3) is 2.03. The average Bonchev–Trinajstić information content (AvgIpc) is 3.03. The van der Waals surface area contributed by atoms with E-state index in [1.807, 2.05) is 66.3 Å². The van der Waals surface area contributed by atoms with Gasteiger partial charge in [0, 0.05) is 12.4 Å². The molecule has 1 aromatic carbocycles. The van der Waals surface area contributed by atoms with Crippen molar-refractivity contribution in [1.29, 1.82) is 0 Å². The zero-order chi connectivity index (χ0) is 14.9. The number of benzene rings is 1. The fraction of sp³-hybridized carbons (Fsp3) is 0.0588. The molecule has 4 aromatic rings. The van der Waals surface area contributed by atoms with Gasteiger partial charge in [0.15, 0.2) is 0 Å². The smallest absolute Gasteiger partial charge is 0.122 e. The van der Waals surface area contributed by atoms with Gasteiger partial charge in [0.05, 0.1) is 22.5 Å². The topological polar surface area (TPSA) is 56.5 Å². The Morgan fingerprint density at radius 3 is 2.50 bits per heavy atom. The molecule has 4 rings (SSSR count). The quantitative estimate of drug-likeness (QED) is 0.568. The second kappa shape index (κ2) is 5.04. The van der Waals surface area contributed by atoms with Gasteiger partial charge in [-0.2, -0.15) is 10.2 Å². The molecule has 0 N–H and O–H groups in total. The molecule has 0 fully saturated rings. The van der Waals surface area contributed by atoms with E-state index < -0.39 is 0 Å². The van der Waals surface area contributed by atoms with Crippen molar-refractivity contribution in [3.63, 3.8) is 0 Å². The molecule has 106 valence electrons. The summed E-state index contributed by atoms with van der Waals surface area (Å²) in [6.07, 6.45) is 3.74. The summed E-state index contributed by atoms with van der Waals surface area (Å²) in [6.45, 7) is 1.92. The number of hydrogen-bond donors (Lipinski definition) is 0. The molecule has 22 heavy (non-hydrogen) atoms. The predicted octanol–water partition coefficient (Wildman–Crippen LogP) is 3.19. The Bertz CT molecular complexity index is 929. The van der Waals surface area contributed by atoms with E-state index in [0.717, 1.165) is 33.7 Å². The molecule has 0 spiro atoms. The Balaban J connectivity index is 1.97. The van der Waals surface area contributed by atoms with Crippen LogP contribution in [0.2, 0.25) is 0 Å². The SMILES string of the molecule is Cc1nnc(-c2ccccn2)c2cn(-c3ccccc3)nc12. The van der Waals surface area contributed by atoms with Crippen LogP contribution in [0, 0.1) is 6.92 Å². The molecule has 0 bridgehead atoms. The van der Waals surface area contributed by atoms with Crippen LogP contribution in [0.4, 0.5) is 0 Å². The Morgan fingerprint density at radius 2 is 1.73 bits per heavy atom. The van der Waals surface area contributed by atoms with E-state index in [4.69, 9.17) is 0 Å². The highest BCUT2D eigenvalue weighted by molar-refractivity contribution is 5.92. The van der Waals surface area contributed by atoms with Crippen LogP contribution in [-0.4, -0.2) is 25.0 Å². The number of aromatic nitrogens is 5. The van der Waals surface area contributed by atoms with Crippen LogP contribution in [0.5, 0.6) is 0 Å². The normalized spacial score (nSPS) is 11.0. The zero-order valence-corrected chi connectivity index (χ0v) is 12.0. The maximum absolute atomic E-state index is 4.66. The summed E-state index contributed by atoms with van der Waals surface area (Å²) in [4.78, 5) is 4.37. The van der Waals surface area contributed by atoms with Crippen LogP contribution in [0.15, 0.2) is 60.9 Å². The molecule has 0 aliphatic heterocycles. The number of nitrogens with zero attached hydrogens (tertiary/aromatic N) is 5. The average molecular weight is 287 g/mol. The molecule has 0 amide bonds. The highest BCUT2D eigenvalue weighted by Crippen LogP contribution is 2.26. The number of aryl methyl sites for hydroxylation is 1. The first-order chi connectivity index (χ1) is 10.8. The van der Waals surface area contributed by atoms with Crippen LogP contribution < -0.4 is 0 Å². The van der Waals surface area contributed by atoms with Crippen molar-refractivity contribution in [3.8, 4) is 17.1 Å². The molecule has 5 nitrogen and oxygen atoms in total. The van der Waals surface area contributed by atoms with E-state index >= 15 is 0 Å². The van der Waals surface area contributed by atoms with Crippen molar-refractivity contribution in [1.82, 2.24) is 25.0 Å². The summed E-state index contributed by atoms with van der Waals surface area (Å²) in [5.41, 5.74) is 4.21. The Morgan fingerprint density at radius 1 is 0.909 bits per heavy atom. The van der Waals surface area contributed by atoms with Crippen LogP contribution in [0.3, 0.4) is 0 Å². The lowest BCUT2D eigenvalue weighted by Gasteiger charge is -2.00. The molecular weight excluding hydrogens is 274 g/mol. The Labute approximate surface area is 127 Å². The molecule has 0 unspecified atom stereocenters. The lowest BCUT2D eigenvalue weighted by molar-refractivity contribution is 0.890. The van der Waals surface area contributed by atoms with Crippen molar-refractivity contribution < 1.29 is 0 Å². The van der Waals surface area contributed by atoms with Gasteiger partial charge in [-0.3, -0.25) is 4.98 Å². The molecule has 0 saturated carbocycles. The standard InChI is InChI=1S/C17H13N5/c1-12-16-14(11-22(21-16)13-7-3-2-4-8-13)17(20-19-12)15-9-5-6-10-18-15/h2-11H,1H3. The summed E-state index contributed by atoms with van der Waals surface area (Å²) in [6, 6.07) is 15.8. The van der Waals surface area contributed by atoms with Crippen LogP contribution in [-0.2, 0) is 0 Å². The Hall–Kier alpha value is -3.08. The highest BCUT2D eigenvalue weighted by atomic mass is 15.3. The van der Waals surface area contributed by atoms with Crippen molar-refractivity contribution >= 4 is 10.9 Å². The van der Waals surface area contributed by atoms with Crippen molar-refractivity contribution in [2.75, 3.05) is 0 Å². The molecule has 3 aromatic heterocycles. The molecule has 0 saturated heterocycles. The largest absolute Gasteiger partial charge is 0.255 e. The first-order valence-corrected chi connectivity index (χ1v) is 7.02. The summed E-state index contributed by atoms with van der Waals surface area (Å²) in [5, 5.41) is 14.2. The van der Waals surface area contributed by atoms with Gasteiger partial charge in [-0.15, -0.1) is 5.10 Å². The van der Waals surface area contributed by atoms with Gasteiger partial charge in [0.1, 0.15) is 11.2 Å². The molecule has 3 heterocycles. The number of rotatable bonds is 2. The van der Waals surface area contributed by atoms with Crippen LogP contribution in [0.25, 0.3) is 28.0 Å². The van der Waals surface area contributed by atoms with Gasteiger partial charge >= 0.3 is 0 Å². The number of para-hydroxylation sites is 1. The van der Waals surface area contributed by atoms with Crippen molar-refractivity contribution in [2.24, 2.45) is 0 Å². The van der Waals surface area contributed by atoms with E-state index in [2.05, 4.69) is 20.3 Å². The molecular formula is C17H13N5. The minimum atomic E-state index is 0.753. The van der Waals surface area contributed by atoms with E-state index in [9.17, 15) is 0 Å². The van der Waals surface area contributed by atoms with E-state index in [-0.39, 0.29) is 0 Å². The molecule has 0 aliphatic rings. The van der Waals surface area contributed by atoms with Gasteiger partial charge in [-0.1, -0.05) is 24.3 Å². The first kappa shape index (κ1) is 12.6. The molecule has 5 heteroatoms. The van der Waals surface area contributed by atoms with E-state index in [1.165, 1.54) is 0 Å². The predicted molar refractivity (Wildman–Crippen MR) is 84.6 cm³/mol. The molecule has 0 atom stereocenters. The number of hydrogen-bond acceptors (Lipinski definition) is 4. The van der Waals surface area contributed by atoms with Crippen molar-refractivity contribution in [2.45, 2.75) is 6.92 Å². The third-order valence-electron chi connectivity index (χ3n) is 3.54. The second-order valence-electron chi connectivity index (χ2n) is 5.02. The first-order valence-electron chi connectivity index (χ1n) is 7.02. The maximum atomic E-state index is 4.66. The molecule has 0 radical (unpaired) electrons. The number of pyridine rings is 1. The minimum absolute atomic E-state index is 0.753. The van der Waals surface area contributed by atoms with Gasteiger partial charge in [-0.25, -0.2) is 4.68 Å². The molecule has 0 aliphatic carbocycles. The van der Waals surface area contributed by atoms with Crippen molar-refractivity contribution in [3.05, 3.63) is 66.6 Å². The lowest BCUT2D eigenvalue weighted by Crippen LogP contribution is -1.94. The highest BCUT2D eigenvalue weighted by Gasteiger charge is 2.14. The summed E-state index contributed by atoms with van der Waals surface area (Å²) in [7, 11) is 0. The Kier molecular flexibility index (Phi) is 2.89. The van der Waals surface area contributed by atoms with E-state index in [1.54, 1.807) is 6.20 Å². The van der Waals surface area contributed by atoms with Crippen LogP contribution >= 0.6 is 0 Å². The maximum Gasteiger partial charge on any atom is 0.122 e. The van der Waals surface area contributed by atoms with Gasteiger partial charge in [-0.05, 0) is 31.2 Å². The second-order valence-corrected chi connectivity index (χ2v) is 5.02. The summed E-state index contributed by atoms with van der Waals surface area (Å²) >= 11 is 0. The fourth-order valence-electron chi connectivity index (χ4n) is 2.45. The monoisotopic (exact) mass is 287 g/mol. The van der Waals surface area contributed by atoms with E-state index in [0.29, 0.717) is 0 Å². The zero-order valence-electron chi connectivity index (χ0n) is 12.0. The van der Waals surface area contributed by atoms with Gasteiger partial charge in [0.2, 0.25) is 0 Å². The lowest BCUT2D eigenvalue weighted by atomic mass is 10.2. The van der Waals surface area contributed by atoms with Gasteiger partial charge < -0.3 is 0 Å². The number of fused-ring (bicyclic) bond motifs is 1. The van der Waals surface area contributed by atoms with Gasteiger partial charge in [0.25, 0.3) is 0 Å². The summed E-state index contributed by atoms with van der Waals surface area (Å²) in [5.74, 6) is 0. The minimum Gasteiger partial charge on any atom is -0.255 e. The third-order valence-corrected chi connectivity index (χ3v) is 3.54. The fourth-order valence-corrected chi connectivity index (χ4v) is 2.45. The summed E-state index contributed by atoms with van der Waals surface area (Å²) < 4.78 is 1.85. The van der Waals surface area contributed by atoms with Crippen LogP contribution in [0.1, 0.15) is 5.69 Å².